The Bertz CT molecular complexity index is 818. The van der Waals surface area contributed by atoms with Gasteiger partial charge in [0.1, 0.15) is 5.75 Å². The smallest absolute Gasteiger partial charge is 0.295 e. The molecule has 2 N–H and O–H groups in total. The number of nitro groups is 1. The molecule has 0 aliphatic carbocycles. The normalized spacial score (nSPS) is 10.5. The van der Waals surface area contributed by atoms with Gasteiger partial charge in [-0.2, -0.15) is 0 Å². The SMILES string of the molecule is Nc1ccc(Oc2ccc([N+](=O)[O-])c3ncccc23)nc1. The molecule has 7 nitrogen and oxygen atoms in total. The molecule has 7 heteroatoms. The van der Waals surface area contributed by atoms with Gasteiger partial charge in [0.25, 0.3) is 5.69 Å². The highest BCUT2D eigenvalue weighted by molar-refractivity contribution is 5.92. The van der Waals surface area contributed by atoms with Gasteiger partial charge in [0.2, 0.25) is 5.88 Å². The number of hydrogen-bond donors (Lipinski definition) is 1. The first kappa shape index (κ1) is 12.8. The van der Waals surface area contributed by atoms with E-state index in [2.05, 4.69) is 9.97 Å². The summed E-state index contributed by atoms with van der Waals surface area (Å²) < 4.78 is 5.65. The van der Waals surface area contributed by atoms with Crippen LogP contribution in [0.1, 0.15) is 0 Å². The third kappa shape index (κ3) is 2.44. The Balaban J connectivity index is 2.09. The fourth-order valence-corrected chi connectivity index (χ4v) is 1.93. The largest absolute Gasteiger partial charge is 0.438 e. The van der Waals surface area contributed by atoms with Crippen molar-refractivity contribution in [2.24, 2.45) is 0 Å². The lowest BCUT2D eigenvalue weighted by atomic mass is 10.1. The summed E-state index contributed by atoms with van der Waals surface area (Å²) in [5, 5.41) is 11.6. The summed E-state index contributed by atoms with van der Waals surface area (Å²) in [6.45, 7) is 0. The Morgan fingerprint density at radius 3 is 2.71 bits per heavy atom. The lowest BCUT2D eigenvalue weighted by Crippen LogP contribution is -1.95. The molecule has 104 valence electrons. The number of nitrogens with zero attached hydrogens (tertiary/aromatic N) is 3. The summed E-state index contributed by atoms with van der Waals surface area (Å²) in [6, 6.07) is 9.58. The number of hydrogen-bond acceptors (Lipinski definition) is 6. The summed E-state index contributed by atoms with van der Waals surface area (Å²) in [7, 11) is 0. The number of benzene rings is 1. The predicted octanol–water partition coefficient (Wildman–Crippen LogP) is 2.91. The number of nitrogen functional groups attached to an aromatic ring is 1. The number of rotatable bonds is 3. The van der Waals surface area contributed by atoms with E-state index in [0.29, 0.717) is 22.7 Å². The fourth-order valence-electron chi connectivity index (χ4n) is 1.93. The Labute approximate surface area is 119 Å². The van der Waals surface area contributed by atoms with Gasteiger partial charge >= 0.3 is 0 Å². The molecule has 0 fully saturated rings. The zero-order valence-electron chi connectivity index (χ0n) is 10.8. The Morgan fingerprint density at radius 1 is 1.14 bits per heavy atom. The van der Waals surface area contributed by atoms with Crippen LogP contribution in [0.5, 0.6) is 11.6 Å². The summed E-state index contributed by atoms with van der Waals surface area (Å²) in [6.07, 6.45) is 2.97. The molecule has 0 unspecified atom stereocenters. The molecule has 21 heavy (non-hydrogen) atoms. The number of nitrogens with two attached hydrogens (primary N) is 1. The Morgan fingerprint density at radius 2 is 2.00 bits per heavy atom. The summed E-state index contributed by atoms with van der Waals surface area (Å²) in [4.78, 5) is 18.6. The molecule has 0 aliphatic rings. The molecule has 0 aliphatic heterocycles. The lowest BCUT2D eigenvalue weighted by Gasteiger charge is -2.08. The topological polar surface area (TPSA) is 104 Å². The number of ether oxygens (including phenoxy) is 1. The molecular formula is C14H10N4O3. The molecule has 0 saturated heterocycles. The maximum absolute atomic E-state index is 11.0. The van der Waals surface area contributed by atoms with Crippen LogP contribution >= 0.6 is 0 Å². The molecule has 2 aromatic heterocycles. The number of nitro benzene ring substituents is 1. The van der Waals surface area contributed by atoms with E-state index in [1.54, 1.807) is 24.3 Å². The van der Waals surface area contributed by atoms with Gasteiger partial charge in [0.15, 0.2) is 5.52 Å². The van der Waals surface area contributed by atoms with Crippen molar-refractivity contribution in [1.82, 2.24) is 9.97 Å². The fraction of sp³-hybridized carbons (Fsp3) is 0. The zero-order chi connectivity index (χ0) is 14.8. The van der Waals surface area contributed by atoms with Gasteiger partial charge in [-0.05, 0) is 24.3 Å². The maximum Gasteiger partial charge on any atom is 0.295 e. The predicted molar refractivity (Wildman–Crippen MR) is 77.1 cm³/mol. The number of anilines is 1. The summed E-state index contributed by atoms with van der Waals surface area (Å²) >= 11 is 0. The van der Waals surface area contributed by atoms with Crippen LogP contribution in [0.2, 0.25) is 0 Å². The van der Waals surface area contributed by atoms with E-state index in [9.17, 15) is 10.1 Å². The summed E-state index contributed by atoms with van der Waals surface area (Å²) in [5.74, 6) is 0.796. The van der Waals surface area contributed by atoms with Gasteiger partial charge in [-0.1, -0.05) is 0 Å². The van der Waals surface area contributed by atoms with Crippen LogP contribution in [-0.4, -0.2) is 14.9 Å². The molecule has 0 radical (unpaired) electrons. The van der Waals surface area contributed by atoms with Gasteiger partial charge in [0.05, 0.1) is 22.2 Å². The van der Waals surface area contributed by atoms with Gasteiger partial charge in [-0.25, -0.2) is 9.97 Å². The first-order valence-electron chi connectivity index (χ1n) is 6.06. The van der Waals surface area contributed by atoms with Crippen LogP contribution in [-0.2, 0) is 0 Å². The molecule has 0 saturated carbocycles. The maximum atomic E-state index is 11.0. The zero-order valence-corrected chi connectivity index (χ0v) is 10.8. The van der Waals surface area contributed by atoms with E-state index in [1.807, 2.05) is 0 Å². The molecule has 0 amide bonds. The first-order chi connectivity index (χ1) is 10.1. The quantitative estimate of drug-likeness (QED) is 0.585. The minimum absolute atomic E-state index is 0.0665. The van der Waals surface area contributed by atoms with E-state index < -0.39 is 4.92 Å². The third-order valence-electron chi connectivity index (χ3n) is 2.88. The van der Waals surface area contributed by atoms with Crippen LogP contribution in [0.3, 0.4) is 0 Å². The summed E-state index contributed by atoms with van der Waals surface area (Å²) in [5.41, 5.74) is 6.29. The highest BCUT2D eigenvalue weighted by Crippen LogP contribution is 2.33. The highest BCUT2D eigenvalue weighted by Gasteiger charge is 2.16. The van der Waals surface area contributed by atoms with Gasteiger partial charge < -0.3 is 10.5 Å². The second-order valence-electron chi connectivity index (χ2n) is 4.27. The van der Waals surface area contributed by atoms with Crippen molar-refractivity contribution in [1.29, 1.82) is 0 Å². The second kappa shape index (κ2) is 5.04. The van der Waals surface area contributed by atoms with Crippen molar-refractivity contribution in [3.8, 4) is 11.6 Å². The van der Waals surface area contributed by atoms with Crippen LogP contribution in [0.15, 0.2) is 48.8 Å². The van der Waals surface area contributed by atoms with Crippen molar-refractivity contribution in [2.75, 3.05) is 5.73 Å². The average Bonchev–Trinajstić information content (AvgIpc) is 2.49. The first-order valence-corrected chi connectivity index (χ1v) is 6.06. The minimum atomic E-state index is -0.472. The van der Waals surface area contributed by atoms with Crippen molar-refractivity contribution in [3.63, 3.8) is 0 Å². The monoisotopic (exact) mass is 282 g/mol. The van der Waals surface area contributed by atoms with Gasteiger partial charge in [-0.15, -0.1) is 0 Å². The van der Waals surface area contributed by atoms with Gasteiger partial charge in [-0.3, -0.25) is 10.1 Å². The molecule has 1 aromatic carbocycles. The number of aromatic nitrogens is 2. The standard InChI is InChI=1S/C14H10N4O3/c15-9-3-6-13(17-8-9)21-12-5-4-11(18(19)20)14-10(12)2-1-7-16-14/h1-8H,15H2. The minimum Gasteiger partial charge on any atom is -0.438 e. The van der Waals surface area contributed by atoms with Gasteiger partial charge in [0, 0.05) is 18.3 Å². The number of pyridine rings is 2. The number of fused-ring (bicyclic) bond motifs is 1. The Kier molecular flexibility index (Phi) is 3.07. The van der Waals surface area contributed by atoms with E-state index in [0.717, 1.165) is 0 Å². The second-order valence-corrected chi connectivity index (χ2v) is 4.27. The van der Waals surface area contributed by atoms with E-state index in [1.165, 1.54) is 24.5 Å². The molecular weight excluding hydrogens is 272 g/mol. The van der Waals surface area contributed by atoms with E-state index in [-0.39, 0.29) is 11.2 Å². The van der Waals surface area contributed by atoms with Crippen LogP contribution in [0.25, 0.3) is 10.9 Å². The van der Waals surface area contributed by atoms with Crippen molar-refractivity contribution in [2.45, 2.75) is 0 Å². The number of non-ortho nitro benzene ring substituents is 1. The van der Waals surface area contributed by atoms with Crippen LogP contribution < -0.4 is 10.5 Å². The average molecular weight is 282 g/mol. The molecule has 3 rings (SSSR count). The lowest BCUT2D eigenvalue weighted by molar-refractivity contribution is -0.383. The van der Waals surface area contributed by atoms with Crippen molar-refractivity contribution in [3.05, 3.63) is 58.9 Å². The van der Waals surface area contributed by atoms with E-state index >= 15 is 0 Å². The van der Waals surface area contributed by atoms with Crippen LogP contribution in [0, 0.1) is 10.1 Å². The highest BCUT2D eigenvalue weighted by atomic mass is 16.6. The van der Waals surface area contributed by atoms with Crippen molar-refractivity contribution >= 4 is 22.3 Å². The Hall–Kier alpha value is -3.22. The van der Waals surface area contributed by atoms with E-state index in [4.69, 9.17) is 10.5 Å². The molecule has 3 aromatic rings. The molecule has 0 atom stereocenters. The van der Waals surface area contributed by atoms with Crippen LogP contribution in [0.4, 0.5) is 11.4 Å². The third-order valence-corrected chi connectivity index (χ3v) is 2.88. The molecule has 0 bridgehead atoms. The molecule has 2 heterocycles. The van der Waals surface area contributed by atoms with Crippen molar-refractivity contribution < 1.29 is 9.66 Å². The molecule has 0 spiro atoms.